The minimum atomic E-state index is -0.00421. The van der Waals surface area contributed by atoms with Crippen LogP contribution in [-0.4, -0.2) is 21.4 Å². The predicted octanol–water partition coefficient (Wildman–Crippen LogP) is 2.17. The molecule has 4 heteroatoms. The second-order valence-electron chi connectivity index (χ2n) is 3.09. The number of nitrogens with zero attached hydrogens (tertiary/aromatic N) is 3. The molecular formula is C10H17N3O. The van der Waals surface area contributed by atoms with Crippen LogP contribution < -0.4 is 0 Å². The molecule has 0 saturated carbocycles. The van der Waals surface area contributed by atoms with Crippen LogP contribution in [0, 0.1) is 0 Å². The Morgan fingerprint density at radius 1 is 1.64 bits per heavy atom. The van der Waals surface area contributed by atoms with Gasteiger partial charge in [0.2, 0.25) is 0 Å². The lowest BCUT2D eigenvalue weighted by Gasteiger charge is -2.16. The number of hydrogen-bond acceptors (Lipinski definition) is 3. The molecule has 0 fully saturated rings. The molecule has 1 aromatic heterocycles. The van der Waals surface area contributed by atoms with Gasteiger partial charge in [-0.3, -0.25) is 0 Å². The first-order valence-electron chi connectivity index (χ1n) is 4.95. The molecule has 0 amide bonds. The van der Waals surface area contributed by atoms with Crippen molar-refractivity contribution in [2.45, 2.75) is 32.4 Å². The molecule has 14 heavy (non-hydrogen) atoms. The molecule has 4 nitrogen and oxygen atoms in total. The highest BCUT2D eigenvalue weighted by atomic mass is 16.5. The Labute approximate surface area is 84.6 Å². The fourth-order valence-electron chi connectivity index (χ4n) is 1.22. The van der Waals surface area contributed by atoms with E-state index in [9.17, 15) is 0 Å². The van der Waals surface area contributed by atoms with Gasteiger partial charge in [-0.15, -0.1) is 6.58 Å². The van der Waals surface area contributed by atoms with Crippen molar-refractivity contribution < 1.29 is 4.74 Å². The van der Waals surface area contributed by atoms with Gasteiger partial charge in [0, 0.05) is 0 Å². The van der Waals surface area contributed by atoms with E-state index in [1.54, 1.807) is 17.1 Å². The fraction of sp³-hybridized carbons (Fsp3) is 0.600. The SMILES string of the molecule is C=CCOC(CCCC)n1cncn1. The first kappa shape index (κ1) is 10.9. The first-order chi connectivity index (χ1) is 6.88. The monoisotopic (exact) mass is 195 g/mol. The van der Waals surface area contributed by atoms with E-state index in [4.69, 9.17) is 4.74 Å². The molecule has 0 aliphatic carbocycles. The molecule has 0 bridgehead atoms. The second kappa shape index (κ2) is 6.32. The largest absolute Gasteiger partial charge is 0.352 e. The Bertz CT molecular complexity index is 246. The van der Waals surface area contributed by atoms with Crippen molar-refractivity contribution in [3.63, 3.8) is 0 Å². The van der Waals surface area contributed by atoms with Crippen molar-refractivity contribution in [3.8, 4) is 0 Å². The summed E-state index contributed by atoms with van der Waals surface area (Å²) in [5.41, 5.74) is 0. The van der Waals surface area contributed by atoms with Gasteiger partial charge in [-0.1, -0.05) is 19.4 Å². The lowest BCUT2D eigenvalue weighted by Crippen LogP contribution is -2.13. The minimum absolute atomic E-state index is 0.00421. The maximum absolute atomic E-state index is 5.58. The lowest BCUT2D eigenvalue weighted by molar-refractivity contribution is 0.00270. The maximum Gasteiger partial charge on any atom is 0.152 e. The molecule has 78 valence electrons. The Morgan fingerprint density at radius 3 is 3.07 bits per heavy atom. The number of ether oxygens (including phenoxy) is 1. The third-order valence-electron chi connectivity index (χ3n) is 1.94. The van der Waals surface area contributed by atoms with Gasteiger partial charge in [0.25, 0.3) is 0 Å². The van der Waals surface area contributed by atoms with Crippen LogP contribution in [0.5, 0.6) is 0 Å². The van der Waals surface area contributed by atoms with Gasteiger partial charge in [0.05, 0.1) is 6.61 Å². The fourth-order valence-corrected chi connectivity index (χ4v) is 1.22. The second-order valence-corrected chi connectivity index (χ2v) is 3.09. The molecule has 0 spiro atoms. The quantitative estimate of drug-likeness (QED) is 0.626. The van der Waals surface area contributed by atoms with Gasteiger partial charge >= 0.3 is 0 Å². The van der Waals surface area contributed by atoms with Crippen LogP contribution in [0.4, 0.5) is 0 Å². The van der Waals surface area contributed by atoms with Gasteiger partial charge in [-0.05, 0) is 12.8 Å². The van der Waals surface area contributed by atoms with Crippen LogP contribution in [0.25, 0.3) is 0 Å². The number of rotatable bonds is 7. The Morgan fingerprint density at radius 2 is 2.50 bits per heavy atom. The zero-order chi connectivity index (χ0) is 10.2. The molecule has 0 aromatic carbocycles. The molecule has 1 aromatic rings. The van der Waals surface area contributed by atoms with Crippen molar-refractivity contribution in [2.24, 2.45) is 0 Å². The Kier molecular flexibility index (Phi) is 4.93. The van der Waals surface area contributed by atoms with Gasteiger partial charge in [0.15, 0.2) is 6.23 Å². The first-order valence-corrected chi connectivity index (χ1v) is 4.95. The highest BCUT2D eigenvalue weighted by Crippen LogP contribution is 2.14. The predicted molar refractivity (Wildman–Crippen MR) is 54.7 cm³/mol. The topological polar surface area (TPSA) is 39.9 Å². The molecule has 1 heterocycles. The molecule has 0 saturated heterocycles. The Hall–Kier alpha value is -1.16. The zero-order valence-corrected chi connectivity index (χ0v) is 8.59. The molecule has 0 N–H and O–H groups in total. The maximum atomic E-state index is 5.58. The van der Waals surface area contributed by atoms with Crippen LogP contribution in [0.1, 0.15) is 32.4 Å². The molecule has 0 aliphatic rings. The van der Waals surface area contributed by atoms with Crippen LogP contribution >= 0.6 is 0 Å². The van der Waals surface area contributed by atoms with E-state index in [0.29, 0.717) is 6.61 Å². The van der Waals surface area contributed by atoms with E-state index in [1.807, 2.05) is 0 Å². The average Bonchev–Trinajstić information content (AvgIpc) is 2.71. The molecule has 1 atom stereocenters. The molecule has 0 aliphatic heterocycles. The summed E-state index contributed by atoms with van der Waals surface area (Å²) >= 11 is 0. The number of aromatic nitrogens is 3. The van der Waals surface area contributed by atoms with Crippen LogP contribution in [0.2, 0.25) is 0 Å². The standard InChI is InChI=1S/C10H17N3O/c1-3-5-6-10(14-7-4-2)13-9-11-8-12-13/h4,8-10H,2-3,5-7H2,1H3. The van der Waals surface area contributed by atoms with Gasteiger partial charge < -0.3 is 4.74 Å². The number of unbranched alkanes of at least 4 members (excludes halogenated alkanes) is 1. The summed E-state index contributed by atoms with van der Waals surface area (Å²) in [6.07, 6.45) is 8.20. The van der Waals surface area contributed by atoms with Crippen LogP contribution in [0.3, 0.4) is 0 Å². The third-order valence-corrected chi connectivity index (χ3v) is 1.94. The average molecular weight is 195 g/mol. The summed E-state index contributed by atoms with van der Waals surface area (Å²) in [5.74, 6) is 0. The highest BCUT2D eigenvalue weighted by Gasteiger charge is 2.09. The van der Waals surface area contributed by atoms with Crippen LogP contribution in [0.15, 0.2) is 25.3 Å². The van der Waals surface area contributed by atoms with Crippen molar-refractivity contribution in [2.75, 3.05) is 6.61 Å². The van der Waals surface area contributed by atoms with Crippen LogP contribution in [-0.2, 0) is 4.74 Å². The summed E-state index contributed by atoms with van der Waals surface area (Å²) in [5, 5.41) is 4.07. The van der Waals surface area contributed by atoms with E-state index in [-0.39, 0.29) is 6.23 Å². The zero-order valence-electron chi connectivity index (χ0n) is 8.59. The lowest BCUT2D eigenvalue weighted by atomic mass is 10.2. The minimum Gasteiger partial charge on any atom is -0.352 e. The van der Waals surface area contributed by atoms with E-state index in [0.717, 1.165) is 19.3 Å². The smallest absolute Gasteiger partial charge is 0.152 e. The molecular weight excluding hydrogens is 178 g/mol. The van der Waals surface area contributed by atoms with Crippen molar-refractivity contribution >= 4 is 0 Å². The summed E-state index contributed by atoms with van der Waals surface area (Å²) in [4.78, 5) is 3.91. The van der Waals surface area contributed by atoms with Gasteiger partial charge in [-0.25, -0.2) is 9.67 Å². The van der Waals surface area contributed by atoms with E-state index < -0.39 is 0 Å². The highest BCUT2D eigenvalue weighted by molar-refractivity contribution is 4.67. The normalized spacial score (nSPS) is 12.6. The van der Waals surface area contributed by atoms with Crippen molar-refractivity contribution in [1.82, 2.24) is 14.8 Å². The van der Waals surface area contributed by atoms with Gasteiger partial charge in [0.1, 0.15) is 12.7 Å². The summed E-state index contributed by atoms with van der Waals surface area (Å²) < 4.78 is 7.33. The van der Waals surface area contributed by atoms with E-state index >= 15 is 0 Å². The van der Waals surface area contributed by atoms with Crippen molar-refractivity contribution in [1.29, 1.82) is 0 Å². The third kappa shape index (κ3) is 3.30. The van der Waals surface area contributed by atoms with Gasteiger partial charge in [-0.2, -0.15) is 5.10 Å². The number of hydrogen-bond donors (Lipinski definition) is 0. The summed E-state index contributed by atoms with van der Waals surface area (Å²) in [6.45, 7) is 6.33. The molecule has 1 rings (SSSR count). The summed E-state index contributed by atoms with van der Waals surface area (Å²) in [7, 11) is 0. The molecule has 1 unspecified atom stereocenters. The van der Waals surface area contributed by atoms with Crippen molar-refractivity contribution in [3.05, 3.63) is 25.3 Å². The Balaban J connectivity index is 2.48. The van der Waals surface area contributed by atoms with E-state index in [2.05, 4.69) is 23.6 Å². The summed E-state index contributed by atoms with van der Waals surface area (Å²) in [6, 6.07) is 0. The molecule has 0 radical (unpaired) electrons. The van der Waals surface area contributed by atoms with E-state index in [1.165, 1.54) is 6.33 Å².